The minimum atomic E-state index is -3.27. The summed E-state index contributed by atoms with van der Waals surface area (Å²) in [6, 6.07) is 5.62. The number of nitrogens with zero attached hydrogens (tertiary/aromatic N) is 1. The molecule has 1 aromatic carbocycles. The first-order chi connectivity index (χ1) is 14.0. The first-order valence-electron chi connectivity index (χ1n) is 10.3. The zero-order valence-electron chi connectivity index (χ0n) is 16.5. The molecule has 29 heavy (non-hydrogen) atoms. The molecule has 1 aromatic heterocycles. The number of rotatable bonds is 5. The van der Waals surface area contributed by atoms with Gasteiger partial charge < -0.3 is 10.6 Å². The van der Waals surface area contributed by atoms with Crippen molar-refractivity contribution in [1.29, 1.82) is 0 Å². The summed E-state index contributed by atoms with van der Waals surface area (Å²) in [5, 5.41) is 12.3. The highest BCUT2D eigenvalue weighted by molar-refractivity contribution is 7.93. The van der Waals surface area contributed by atoms with E-state index in [1.54, 1.807) is 6.07 Å². The Bertz CT molecular complexity index is 1110. The predicted octanol–water partition coefficient (Wildman–Crippen LogP) is 3.94. The van der Waals surface area contributed by atoms with Crippen molar-refractivity contribution >= 4 is 33.0 Å². The lowest BCUT2D eigenvalue weighted by Crippen LogP contribution is -2.20. The van der Waals surface area contributed by atoms with Crippen LogP contribution < -0.4 is 15.8 Å². The van der Waals surface area contributed by atoms with Gasteiger partial charge in [-0.2, -0.15) is 0 Å². The SMILES string of the molecule is CNC(c1ccc(S(N)(=O)=NC(=O)Nc2c3c(cc4c2CC4)CCC3)s1)C1CC1. The van der Waals surface area contributed by atoms with Crippen LogP contribution in [0, 0.1) is 5.92 Å². The molecule has 5 rings (SSSR count). The number of carbonyl (C=O) groups excluding carboxylic acids is 1. The second-order valence-electron chi connectivity index (χ2n) is 8.23. The number of nitrogens with one attached hydrogen (secondary N) is 2. The van der Waals surface area contributed by atoms with Crippen molar-refractivity contribution in [3.05, 3.63) is 45.3 Å². The second-order valence-corrected chi connectivity index (χ2v) is 11.4. The summed E-state index contributed by atoms with van der Waals surface area (Å²) in [5.41, 5.74) is 5.96. The summed E-state index contributed by atoms with van der Waals surface area (Å²) in [6.45, 7) is 0. The molecule has 1 saturated carbocycles. The van der Waals surface area contributed by atoms with E-state index in [1.807, 2.05) is 13.1 Å². The molecule has 3 aliphatic carbocycles. The summed E-state index contributed by atoms with van der Waals surface area (Å²) in [4.78, 5) is 13.8. The van der Waals surface area contributed by atoms with Crippen molar-refractivity contribution < 1.29 is 9.00 Å². The Morgan fingerprint density at radius 3 is 2.66 bits per heavy atom. The van der Waals surface area contributed by atoms with Gasteiger partial charge in [0.2, 0.25) is 0 Å². The maximum atomic E-state index is 13.0. The Kier molecular flexibility index (Phi) is 4.77. The van der Waals surface area contributed by atoms with Crippen LogP contribution in [0.3, 0.4) is 0 Å². The number of nitrogens with two attached hydrogens (primary N) is 1. The third-order valence-electron chi connectivity index (χ3n) is 6.30. The molecule has 0 radical (unpaired) electrons. The number of urea groups is 1. The molecule has 1 fully saturated rings. The van der Waals surface area contributed by atoms with Gasteiger partial charge in [0.1, 0.15) is 4.21 Å². The Hall–Kier alpha value is -1.74. The van der Waals surface area contributed by atoms with E-state index in [2.05, 4.69) is 21.1 Å². The third kappa shape index (κ3) is 3.52. The van der Waals surface area contributed by atoms with Gasteiger partial charge in [0.25, 0.3) is 0 Å². The summed E-state index contributed by atoms with van der Waals surface area (Å²) in [6.07, 6.45) is 7.57. The van der Waals surface area contributed by atoms with Crippen LogP contribution in [0.5, 0.6) is 0 Å². The lowest BCUT2D eigenvalue weighted by molar-refractivity contribution is 0.260. The quantitative estimate of drug-likeness (QED) is 0.670. The van der Waals surface area contributed by atoms with Gasteiger partial charge in [-0.05, 0) is 92.3 Å². The number of aryl methyl sites for hydroxylation is 2. The molecule has 8 heteroatoms. The van der Waals surface area contributed by atoms with E-state index in [4.69, 9.17) is 5.14 Å². The molecule has 3 aliphatic rings. The average molecular weight is 431 g/mol. The summed E-state index contributed by atoms with van der Waals surface area (Å²) in [7, 11) is -1.33. The molecule has 2 amide bonds. The van der Waals surface area contributed by atoms with Crippen molar-refractivity contribution in [3.63, 3.8) is 0 Å². The molecule has 0 saturated heterocycles. The highest BCUT2D eigenvalue weighted by Gasteiger charge is 2.32. The smallest absolute Gasteiger partial charge is 0.312 e. The number of thiophene rings is 1. The largest absolute Gasteiger partial charge is 0.354 e. The van der Waals surface area contributed by atoms with Gasteiger partial charge >= 0.3 is 6.03 Å². The van der Waals surface area contributed by atoms with E-state index in [-0.39, 0.29) is 6.04 Å². The first kappa shape index (κ1) is 19.2. The maximum Gasteiger partial charge on any atom is 0.354 e. The lowest BCUT2D eigenvalue weighted by Gasteiger charge is -2.25. The molecule has 6 nitrogen and oxygen atoms in total. The first-order valence-corrected chi connectivity index (χ1v) is 12.6. The van der Waals surface area contributed by atoms with Crippen molar-refractivity contribution in [2.45, 2.75) is 55.2 Å². The molecular weight excluding hydrogens is 404 g/mol. The lowest BCUT2D eigenvalue weighted by atomic mass is 9.83. The van der Waals surface area contributed by atoms with Crippen LogP contribution in [-0.4, -0.2) is 17.3 Å². The molecule has 2 aromatic rings. The van der Waals surface area contributed by atoms with Crippen LogP contribution >= 0.6 is 11.3 Å². The Balaban J connectivity index is 1.40. The van der Waals surface area contributed by atoms with Gasteiger partial charge in [0.05, 0.1) is 0 Å². The number of carbonyl (C=O) groups is 1. The van der Waals surface area contributed by atoms with Crippen LogP contribution in [0.2, 0.25) is 0 Å². The Morgan fingerprint density at radius 2 is 1.97 bits per heavy atom. The molecule has 4 N–H and O–H groups in total. The van der Waals surface area contributed by atoms with E-state index in [0.29, 0.717) is 10.1 Å². The minimum Gasteiger partial charge on any atom is -0.312 e. The second kappa shape index (κ2) is 7.19. The highest BCUT2D eigenvalue weighted by Crippen LogP contribution is 2.43. The summed E-state index contributed by atoms with van der Waals surface area (Å²) in [5.74, 6) is 0.624. The van der Waals surface area contributed by atoms with Crippen LogP contribution in [0.15, 0.2) is 26.8 Å². The van der Waals surface area contributed by atoms with Gasteiger partial charge in [-0.3, -0.25) is 0 Å². The number of fused-ring (bicyclic) bond motifs is 2. The third-order valence-corrected chi connectivity index (χ3v) is 9.38. The Labute approximate surface area is 175 Å². The molecule has 2 unspecified atom stereocenters. The van der Waals surface area contributed by atoms with Gasteiger partial charge in [0.15, 0.2) is 9.92 Å². The normalized spacial score (nSPS) is 20.2. The predicted molar refractivity (Wildman–Crippen MR) is 117 cm³/mol. The van der Waals surface area contributed by atoms with Crippen LogP contribution in [0.25, 0.3) is 0 Å². The van der Waals surface area contributed by atoms with E-state index >= 15 is 0 Å². The average Bonchev–Trinajstić information content (AvgIpc) is 3.16. The monoisotopic (exact) mass is 430 g/mol. The number of hydrogen-bond donors (Lipinski definition) is 3. The molecular formula is C21H26N4O2S2. The molecule has 154 valence electrons. The number of amides is 2. The molecule has 1 heterocycles. The molecule has 0 spiro atoms. The summed E-state index contributed by atoms with van der Waals surface area (Å²) >= 11 is 1.39. The van der Waals surface area contributed by atoms with Gasteiger partial charge in [-0.25, -0.2) is 14.1 Å². The maximum absolute atomic E-state index is 13.0. The van der Waals surface area contributed by atoms with E-state index < -0.39 is 15.9 Å². The standard InChI is InChI=1S/C21H26N4O2S2/c1-23-19(12-5-6-12)17-9-10-18(28-17)29(22,27)25-21(26)24-20-15-4-2-3-13(15)11-14-7-8-16(14)20/h9-12,19,23H,2-8H2,1H3,(H3,22,24,25,26,27). The van der Waals surface area contributed by atoms with Crippen molar-refractivity contribution in [3.8, 4) is 0 Å². The van der Waals surface area contributed by atoms with E-state index in [1.165, 1.54) is 46.4 Å². The van der Waals surface area contributed by atoms with Crippen molar-refractivity contribution in [2.24, 2.45) is 15.4 Å². The van der Waals surface area contributed by atoms with Crippen molar-refractivity contribution in [2.75, 3.05) is 12.4 Å². The molecule has 0 bridgehead atoms. The number of benzene rings is 1. The number of anilines is 1. The van der Waals surface area contributed by atoms with E-state index in [0.717, 1.165) is 42.7 Å². The minimum absolute atomic E-state index is 0.253. The zero-order valence-corrected chi connectivity index (χ0v) is 18.1. The zero-order chi connectivity index (χ0) is 20.2. The van der Waals surface area contributed by atoms with Crippen LogP contribution in [0.1, 0.15) is 52.4 Å². The van der Waals surface area contributed by atoms with Crippen molar-refractivity contribution in [1.82, 2.24) is 5.32 Å². The van der Waals surface area contributed by atoms with Gasteiger partial charge in [-0.1, -0.05) is 6.07 Å². The van der Waals surface area contributed by atoms with Gasteiger partial charge in [-0.15, -0.1) is 15.7 Å². The number of hydrogen-bond acceptors (Lipinski definition) is 4. The molecule has 0 aliphatic heterocycles. The summed E-state index contributed by atoms with van der Waals surface area (Å²) < 4.78 is 17.4. The molecule has 2 atom stereocenters. The topological polar surface area (TPSA) is 96.6 Å². The van der Waals surface area contributed by atoms with E-state index in [9.17, 15) is 9.00 Å². The highest BCUT2D eigenvalue weighted by atomic mass is 32.2. The fraction of sp³-hybridized carbons (Fsp3) is 0.476. The Morgan fingerprint density at radius 1 is 1.21 bits per heavy atom. The van der Waals surface area contributed by atoms with Gasteiger partial charge in [0, 0.05) is 16.6 Å². The fourth-order valence-corrected chi connectivity index (χ4v) is 7.06. The van der Waals surface area contributed by atoms with Crippen LogP contribution in [0.4, 0.5) is 10.5 Å². The fourth-order valence-electron chi connectivity index (χ4n) is 4.59. The van der Waals surface area contributed by atoms with Crippen LogP contribution in [-0.2, 0) is 35.6 Å².